The molecule has 0 amide bonds. The van der Waals surface area contributed by atoms with Crippen LogP contribution in [0.1, 0.15) is 129 Å². The Bertz CT molecular complexity index is 415. The SMILES string of the molecule is CCCCCCC(O)CCCCCCCCCCCCC(CC)S(=O)(=O)[O-].[Na+]. The van der Waals surface area contributed by atoms with Crippen LogP contribution in [0.4, 0.5) is 0 Å². The number of aliphatic hydroxyl groups excluding tert-OH is 1. The van der Waals surface area contributed by atoms with Crippen molar-refractivity contribution in [2.45, 2.75) is 141 Å². The van der Waals surface area contributed by atoms with Gasteiger partial charge in [-0.3, -0.25) is 0 Å². The predicted octanol–water partition coefficient (Wildman–Crippen LogP) is 3.33. The third-order valence-corrected chi connectivity index (χ3v) is 6.95. The molecule has 0 aliphatic rings. The van der Waals surface area contributed by atoms with E-state index in [1.165, 1.54) is 64.2 Å². The molecule has 164 valence electrons. The first-order valence-electron chi connectivity index (χ1n) is 11.5. The molecule has 4 nitrogen and oxygen atoms in total. The van der Waals surface area contributed by atoms with Gasteiger partial charge in [-0.25, -0.2) is 8.42 Å². The summed E-state index contributed by atoms with van der Waals surface area (Å²) >= 11 is 0. The number of aliphatic hydroxyl groups is 1. The fraction of sp³-hybridized carbons (Fsp3) is 1.00. The summed E-state index contributed by atoms with van der Waals surface area (Å²) in [6.07, 6.45) is 19.4. The Hall–Kier alpha value is 0.870. The van der Waals surface area contributed by atoms with Gasteiger partial charge in [-0.1, -0.05) is 104 Å². The summed E-state index contributed by atoms with van der Waals surface area (Å²) in [7, 11) is -4.11. The molecule has 2 atom stereocenters. The average Bonchev–Trinajstić information content (AvgIpc) is 2.61. The van der Waals surface area contributed by atoms with E-state index in [-0.39, 0.29) is 35.7 Å². The van der Waals surface area contributed by atoms with Crippen LogP contribution < -0.4 is 29.6 Å². The standard InChI is InChI=1S/C22H46O4S.Na/c1-3-5-6-15-18-21(23)19-16-13-11-9-7-8-10-12-14-17-20-22(4-2)27(24,25)26;/h21-23H,3-20H2,1-2H3,(H,24,25,26);/q;+1/p-1. The monoisotopic (exact) mass is 428 g/mol. The van der Waals surface area contributed by atoms with Gasteiger partial charge in [-0.2, -0.15) is 0 Å². The van der Waals surface area contributed by atoms with Crippen LogP contribution in [0.15, 0.2) is 0 Å². The van der Waals surface area contributed by atoms with Crippen LogP contribution in [0.5, 0.6) is 0 Å². The van der Waals surface area contributed by atoms with Crippen molar-refractivity contribution in [1.29, 1.82) is 0 Å². The molecule has 0 radical (unpaired) electrons. The maximum absolute atomic E-state index is 11.0. The van der Waals surface area contributed by atoms with Crippen LogP contribution in [0.3, 0.4) is 0 Å². The molecule has 0 heterocycles. The molecule has 28 heavy (non-hydrogen) atoms. The minimum absolute atomic E-state index is 0. The summed E-state index contributed by atoms with van der Waals surface area (Å²) < 4.78 is 33.0. The topological polar surface area (TPSA) is 77.4 Å². The van der Waals surface area contributed by atoms with Gasteiger partial charge in [0.1, 0.15) is 0 Å². The van der Waals surface area contributed by atoms with Crippen molar-refractivity contribution in [3.05, 3.63) is 0 Å². The number of unbranched alkanes of at least 4 members (excludes halogenated alkanes) is 12. The van der Waals surface area contributed by atoms with Gasteiger partial charge in [0.25, 0.3) is 0 Å². The summed E-state index contributed by atoms with van der Waals surface area (Å²) in [5.74, 6) is 0. The van der Waals surface area contributed by atoms with Crippen molar-refractivity contribution in [1.82, 2.24) is 0 Å². The Morgan fingerprint density at radius 2 is 1.04 bits per heavy atom. The maximum Gasteiger partial charge on any atom is 1.00 e. The summed E-state index contributed by atoms with van der Waals surface area (Å²) in [6.45, 7) is 3.98. The molecule has 1 N–H and O–H groups in total. The summed E-state index contributed by atoms with van der Waals surface area (Å²) in [5, 5.41) is 9.25. The molecule has 0 spiro atoms. The Morgan fingerprint density at radius 1 is 0.679 bits per heavy atom. The van der Waals surface area contributed by atoms with Gasteiger partial charge in [0.15, 0.2) is 0 Å². The Balaban J connectivity index is 0. The van der Waals surface area contributed by atoms with E-state index in [1.807, 2.05) is 0 Å². The minimum Gasteiger partial charge on any atom is -0.748 e. The van der Waals surface area contributed by atoms with Crippen molar-refractivity contribution >= 4 is 10.1 Å². The molecule has 0 saturated heterocycles. The maximum atomic E-state index is 11.0. The molecule has 0 aliphatic heterocycles. The Labute approximate surface area is 197 Å². The zero-order valence-electron chi connectivity index (χ0n) is 19.0. The van der Waals surface area contributed by atoms with Crippen molar-refractivity contribution in [3.63, 3.8) is 0 Å². The van der Waals surface area contributed by atoms with E-state index in [0.717, 1.165) is 38.5 Å². The van der Waals surface area contributed by atoms with Gasteiger partial charge in [-0.05, 0) is 25.7 Å². The van der Waals surface area contributed by atoms with Gasteiger partial charge < -0.3 is 9.66 Å². The molecule has 0 aliphatic carbocycles. The Morgan fingerprint density at radius 3 is 1.39 bits per heavy atom. The van der Waals surface area contributed by atoms with Gasteiger partial charge >= 0.3 is 29.6 Å². The fourth-order valence-electron chi connectivity index (χ4n) is 3.67. The minimum atomic E-state index is -4.11. The predicted molar refractivity (Wildman–Crippen MR) is 114 cm³/mol. The van der Waals surface area contributed by atoms with Gasteiger partial charge in [0.2, 0.25) is 0 Å². The first-order chi connectivity index (χ1) is 12.9. The van der Waals surface area contributed by atoms with E-state index >= 15 is 0 Å². The van der Waals surface area contributed by atoms with Crippen molar-refractivity contribution < 1.29 is 47.6 Å². The van der Waals surface area contributed by atoms with Crippen LogP contribution in [-0.2, 0) is 10.1 Å². The zero-order chi connectivity index (χ0) is 20.4. The smallest absolute Gasteiger partial charge is 0.748 e. The molecule has 0 bridgehead atoms. The van der Waals surface area contributed by atoms with Gasteiger partial charge in [0.05, 0.1) is 16.2 Å². The average molecular weight is 429 g/mol. The number of hydrogen-bond donors (Lipinski definition) is 1. The van der Waals surface area contributed by atoms with Crippen LogP contribution in [0.25, 0.3) is 0 Å². The zero-order valence-corrected chi connectivity index (χ0v) is 21.8. The van der Waals surface area contributed by atoms with E-state index in [1.54, 1.807) is 6.92 Å². The van der Waals surface area contributed by atoms with Crippen LogP contribution in [0.2, 0.25) is 0 Å². The number of rotatable bonds is 20. The molecule has 0 aromatic heterocycles. The molecule has 0 aromatic rings. The second-order valence-electron chi connectivity index (χ2n) is 8.14. The molecule has 2 unspecified atom stereocenters. The first-order valence-corrected chi connectivity index (χ1v) is 13.0. The Kier molecular flexibility index (Phi) is 23.4. The third kappa shape index (κ3) is 20.2. The quantitative estimate of drug-likeness (QED) is 0.183. The summed E-state index contributed by atoms with van der Waals surface area (Å²) in [4.78, 5) is 0. The van der Waals surface area contributed by atoms with E-state index in [9.17, 15) is 18.1 Å². The van der Waals surface area contributed by atoms with Gasteiger partial charge in [-0.15, -0.1) is 0 Å². The van der Waals surface area contributed by atoms with Gasteiger partial charge in [0, 0.05) is 5.25 Å². The van der Waals surface area contributed by atoms with Crippen molar-refractivity contribution in [2.75, 3.05) is 0 Å². The number of hydrogen-bond acceptors (Lipinski definition) is 4. The van der Waals surface area contributed by atoms with E-state index in [2.05, 4.69) is 6.92 Å². The molecule has 0 rings (SSSR count). The van der Waals surface area contributed by atoms with E-state index < -0.39 is 15.4 Å². The normalized spacial score (nSPS) is 13.9. The molecule has 6 heteroatoms. The largest absolute Gasteiger partial charge is 1.00 e. The fourth-order valence-corrected chi connectivity index (χ4v) is 4.53. The van der Waals surface area contributed by atoms with Crippen molar-refractivity contribution in [2.24, 2.45) is 0 Å². The molecule has 0 saturated carbocycles. The molecular weight excluding hydrogens is 383 g/mol. The van der Waals surface area contributed by atoms with E-state index in [4.69, 9.17) is 0 Å². The summed E-state index contributed by atoms with van der Waals surface area (Å²) in [6, 6.07) is 0. The second kappa shape index (κ2) is 21.1. The van der Waals surface area contributed by atoms with Crippen LogP contribution >= 0.6 is 0 Å². The first kappa shape index (κ1) is 31.1. The molecule has 0 aromatic carbocycles. The molecule has 0 fully saturated rings. The second-order valence-corrected chi connectivity index (χ2v) is 9.79. The van der Waals surface area contributed by atoms with Crippen LogP contribution in [0, 0.1) is 0 Å². The summed E-state index contributed by atoms with van der Waals surface area (Å²) in [5.41, 5.74) is 0. The molecular formula is C22H45NaO4S. The van der Waals surface area contributed by atoms with E-state index in [0.29, 0.717) is 12.8 Å². The van der Waals surface area contributed by atoms with Crippen LogP contribution in [-0.4, -0.2) is 29.4 Å². The van der Waals surface area contributed by atoms with Crippen molar-refractivity contribution in [3.8, 4) is 0 Å². The third-order valence-electron chi connectivity index (χ3n) is 5.57.